The van der Waals surface area contributed by atoms with E-state index in [-0.39, 0.29) is 6.04 Å². The van der Waals surface area contributed by atoms with Crippen molar-refractivity contribution < 1.29 is 4.74 Å². The normalized spacial score (nSPS) is 11.5. The minimum Gasteiger partial charge on any atom is -0.485 e. The zero-order valence-electron chi connectivity index (χ0n) is 21.5. The maximum Gasteiger partial charge on any atom is 0.182 e. The van der Waals surface area contributed by atoms with E-state index < -0.39 is 0 Å². The highest BCUT2D eigenvalue weighted by Crippen LogP contribution is 2.37. The predicted octanol–water partition coefficient (Wildman–Crippen LogP) is 8.21. The van der Waals surface area contributed by atoms with Crippen LogP contribution < -0.4 is 10.1 Å². The fraction of sp³-hybridized carbons (Fsp3) is 0.0882. The predicted molar refractivity (Wildman–Crippen MR) is 160 cm³/mol. The number of nitrogens with one attached hydrogen (secondary N) is 1. The molecule has 0 spiro atoms. The third-order valence-corrected chi connectivity index (χ3v) is 7.45. The van der Waals surface area contributed by atoms with Crippen molar-refractivity contribution >= 4 is 22.8 Å². The standard InChI is InChI=1S/C34H27N3OS/c1-25(28-16-9-4-10-17-28)35-34-32(31-22-21-29(39-31)20-19-26-12-5-2-6-13-26)36-33-30(18-11-23-37(33)34)38-24-27-14-7-3-8-15-27/h2-18,21-23,25,35H,24H2,1H3. The molecule has 3 aromatic carbocycles. The van der Waals surface area contributed by atoms with E-state index in [4.69, 9.17) is 9.72 Å². The topological polar surface area (TPSA) is 38.6 Å². The molecule has 0 radical (unpaired) electrons. The van der Waals surface area contributed by atoms with E-state index in [9.17, 15) is 0 Å². The molecule has 0 saturated heterocycles. The van der Waals surface area contributed by atoms with E-state index in [0.717, 1.165) is 43.8 Å². The highest BCUT2D eigenvalue weighted by molar-refractivity contribution is 7.16. The number of fused-ring (bicyclic) bond motifs is 1. The van der Waals surface area contributed by atoms with Crippen LogP contribution in [-0.2, 0) is 6.61 Å². The van der Waals surface area contributed by atoms with Crippen LogP contribution in [0.3, 0.4) is 0 Å². The molecule has 6 rings (SSSR count). The van der Waals surface area contributed by atoms with Gasteiger partial charge in [0.1, 0.15) is 18.1 Å². The van der Waals surface area contributed by atoms with Gasteiger partial charge in [0.05, 0.1) is 9.75 Å². The maximum atomic E-state index is 6.26. The number of pyridine rings is 1. The summed E-state index contributed by atoms with van der Waals surface area (Å²) in [7, 11) is 0. The van der Waals surface area contributed by atoms with Gasteiger partial charge in [-0.2, -0.15) is 0 Å². The third kappa shape index (κ3) is 5.57. The maximum absolute atomic E-state index is 6.26. The molecule has 39 heavy (non-hydrogen) atoms. The summed E-state index contributed by atoms with van der Waals surface area (Å²) in [5.74, 6) is 8.24. The second-order valence-corrected chi connectivity index (χ2v) is 10.3. The molecule has 1 unspecified atom stereocenters. The molecule has 190 valence electrons. The highest BCUT2D eigenvalue weighted by Gasteiger charge is 2.20. The van der Waals surface area contributed by atoms with Crippen molar-refractivity contribution in [2.45, 2.75) is 19.6 Å². The zero-order valence-corrected chi connectivity index (χ0v) is 22.4. The van der Waals surface area contributed by atoms with E-state index in [1.165, 1.54) is 5.56 Å². The number of thiophene rings is 1. The largest absolute Gasteiger partial charge is 0.485 e. The second-order valence-electron chi connectivity index (χ2n) is 9.21. The minimum atomic E-state index is 0.0797. The van der Waals surface area contributed by atoms with Gasteiger partial charge in [-0.05, 0) is 54.4 Å². The van der Waals surface area contributed by atoms with E-state index in [2.05, 4.69) is 77.0 Å². The Kier molecular flexibility index (Phi) is 7.11. The molecule has 4 nitrogen and oxygen atoms in total. The van der Waals surface area contributed by atoms with Crippen LogP contribution in [0.1, 0.15) is 34.5 Å². The highest BCUT2D eigenvalue weighted by atomic mass is 32.1. The lowest BCUT2D eigenvalue weighted by Gasteiger charge is -2.16. The number of anilines is 1. The Morgan fingerprint density at radius 2 is 1.54 bits per heavy atom. The van der Waals surface area contributed by atoms with Crippen LogP contribution in [0.5, 0.6) is 5.75 Å². The monoisotopic (exact) mass is 525 g/mol. The summed E-state index contributed by atoms with van der Waals surface area (Å²) in [4.78, 5) is 7.15. The van der Waals surface area contributed by atoms with Crippen LogP contribution >= 0.6 is 11.3 Å². The molecule has 0 saturated carbocycles. The lowest BCUT2D eigenvalue weighted by Crippen LogP contribution is -2.09. The van der Waals surface area contributed by atoms with Crippen molar-refractivity contribution in [1.82, 2.24) is 9.38 Å². The molecule has 0 bridgehead atoms. The second kappa shape index (κ2) is 11.3. The number of nitrogens with zero attached hydrogens (tertiary/aromatic N) is 2. The Morgan fingerprint density at radius 1 is 0.821 bits per heavy atom. The molecule has 1 N–H and O–H groups in total. The van der Waals surface area contributed by atoms with Crippen LogP contribution in [0, 0.1) is 11.8 Å². The Balaban J connectivity index is 1.38. The third-order valence-electron chi connectivity index (χ3n) is 6.45. The van der Waals surface area contributed by atoms with Gasteiger partial charge in [0, 0.05) is 17.8 Å². The molecule has 0 amide bonds. The summed E-state index contributed by atoms with van der Waals surface area (Å²) in [5.41, 5.74) is 4.97. The first kappa shape index (κ1) is 24.5. The lowest BCUT2D eigenvalue weighted by molar-refractivity contribution is 0.308. The smallest absolute Gasteiger partial charge is 0.182 e. The summed E-state index contributed by atoms with van der Waals surface area (Å²) < 4.78 is 8.35. The Labute approximate surface area is 232 Å². The summed E-state index contributed by atoms with van der Waals surface area (Å²) in [6.45, 7) is 2.64. The first-order valence-electron chi connectivity index (χ1n) is 12.9. The van der Waals surface area contributed by atoms with Gasteiger partial charge in [-0.1, -0.05) is 90.7 Å². The average Bonchev–Trinajstić information content (AvgIpc) is 3.61. The van der Waals surface area contributed by atoms with Gasteiger partial charge in [-0.15, -0.1) is 11.3 Å². The molecular weight excluding hydrogens is 498 g/mol. The fourth-order valence-electron chi connectivity index (χ4n) is 4.42. The van der Waals surface area contributed by atoms with Crippen molar-refractivity contribution in [2.24, 2.45) is 0 Å². The zero-order chi connectivity index (χ0) is 26.4. The molecular formula is C34H27N3OS. The number of aromatic nitrogens is 2. The number of imidazole rings is 1. The molecule has 0 aliphatic carbocycles. The Hall–Kier alpha value is -4.79. The van der Waals surface area contributed by atoms with Gasteiger partial charge in [0.25, 0.3) is 0 Å². The van der Waals surface area contributed by atoms with Crippen molar-refractivity contribution in [1.29, 1.82) is 0 Å². The molecule has 5 heteroatoms. The molecule has 6 aromatic rings. The van der Waals surface area contributed by atoms with Crippen LogP contribution in [-0.4, -0.2) is 9.38 Å². The molecule has 3 heterocycles. The first-order chi connectivity index (χ1) is 19.2. The van der Waals surface area contributed by atoms with Gasteiger partial charge in [0.15, 0.2) is 11.4 Å². The molecule has 1 atom stereocenters. The van der Waals surface area contributed by atoms with Crippen molar-refractivity contribution in [3.63, 3.8) is 0 Å². The van der Waals surface area contributed by atoms with Gasteiger partial charge in [-0.3, -0.25) is 4.40 Å². The van der Waals surface area contributed by atoms with E-state index in [0.29, 0.717) is 6.61 Å². The van der Waals surface area contributed by atoms with Gasteiger partial charge < -0.3 is 10.1 Å². The Bertz CT molecular complexity index is 1750. The summed E-state index contributed by atoms with van der Waals surface area (Å²) in [6, 6.07) is 38.9. The van der Waals surface area contributed by atoms with E-state index >= 15 is 0 Å². The lowest BCUT2D eigenvalue weighted by atomic mass is 10.1. The first-order valence-corrected chi connectivity index (χ1v) is 13.7. The van der Waals surface area contributed by atoms with Gasteiger partial charge >= 0.3 is 0 Å². The quantitative estimate of drug-likeness (QED) is 0.213. The summed E-state index contributed by atoms with van der Waals surface area (Å²) in [6.07, 6.45) is 2.03. The molecule has 0 aliphatic rings. The van der Waals surface area contributed by atoms with E-state index in [1.54, 1.807) is 11.3 Å². The van der Waals surface area contributed by atoms with Crippen LogP contribution in [0.2, 0.25) is 0 Å². The number of hydrogen-bond acceptors (Lipinski definition) is 4. The van der Waals surface area contributed by atoms with Crippen LogP contribution in [0.25, 0.3) is 16.2 Å². The minimum absolute atomic E-state index is 0.0797. The van der Waals surface area contributed by atoms with Crippen LogP contribution in [0.15, 0.2) is 121 Å². The fourth-order valence-corrected chi connectivity index (χ4v) is 5.27. The van der Waals surface area contributed by atoms with Crippen molar-refractivity contribution in [3.05, 3.63) is 143 Å². The summed E-state index contributed by atoms with van der Waals surface area (Å²) in [5, 5.41) is 3.73. The number of hydrogen-bond donors (Lipinski definition) is 1. The number of ether oxygens (including phenoxy) is 1. The number of rotatable bonds is 7. The number of benzene rings is 3. The SMILES string of the molecule is CC(Nc1c(-c2ccc(C#Cc3ccccc3)s2)nc2c(OCc3ccccc3)cccn12)c1ccccc1. The Morgan fingerprint density at radius 3 is 2.31 bits per heavy atom. The van der Waals surface area contributed by atoms with Crippen molar-refractivity contribution in [3.8, 4) is 28.2 Å². The van der Waals surface area contributed by atoms with Crippen molar-refractivity contribution in [2.75, 3.05) is 5.32 Å². The van der Waals surface area contributed by atoms with Gasteiger partial charge in [-0.25, -0.2) is 4.98 Å². The molecule has 0 aliphatic heterocycles. The molecule has 3 aromatic heterocycles. The van der Waals surface area contributed by atoms with Crippen LogP contribution in [0.4, 0.5) is 5.82 Å². The van der Waals surface area contributed by atoms with E-state index in [1.807, 2.05) is 72.9 Å². The van der Waals surface area contributed by atoms with Gasteiger partial charge in [0.2, 0.25) is 0 Å². The molecule has 0 fully saturated rings. The average molecular weight is 526 g/mol. The summed E-state index contributed by atoms with van der Waals surface area (Å²) >= 11 is 1.64.